The van der Waals surface area contributed by atoms with E-state index >= 15 is 0 Å². The maximum Gasteiger partial charge on any atom is 0.308 e. The summed E-state index contributed by atoms with van der Waals surface area (Å²) in [6.07, 6.45) is 0. The third-order valence-corrected chi connectivity index (χ3v) is 6.69. The fourth-order valence-electron chi connectivity index (χ4n) is 2.93. The fourth-order valence-corrected chi connectivity index (χ4v) is 5.18. The lowest BCUT2D eigenvalue weighted by Crippen LogP contribution is -2.13. The lowest BCUT2D eigenvalue weighted by Gasteiger charge is -2.05. The SMILES string of the molecule is Cc1ccc(S(=O)(=O)[C@@H]2[C@H](C(=O)O)[C@H]2c2ccc(Cl)cc2)cc1. The fraction of sp³-hybridized carbons (Fsp3) is 0.235. The monoisotopic (exact) mass is 350 g/mol. The number of benzene rings is 2. The number of halogens is 1. The molecule has 0 unspecified atom stereocenters. The Kier molecular flexibility index (Phi) is 3.94. The first-order valence-corrected chi connectivity index (χ1v) is 9.03. The predicted molar refractivity (Wildman–Crippen MR) is 87.5 cm³/mol. The first-order chi connectivity index (χ1) is 10.8. The number of aryl methyl sites for hydroxylation is 1. The van der Waals surface area contributed by atoms with Crippen LogP contribution in [-0.2, 0) is 14.6 Å². The molecule has 4 nitrogen and oxygen atoms in total. The summed E-state index contributed by atoms with van der Waals surface area (Å²) in [5.41, 5.74) is 1.63. The molecule has 3 rings (SSSR count). The van der Waals surface area contributed by atoms with E-state index in [0.29, 0.717) is 10.6 Å². The Morgan fingerprint density at radius 1 is 1.04 bits per heavy atom. The van der Waals surface area contributed by atoms with Gasteiger partial charge < -0.3 is 5.11 Å². The summed E-state index contributed by atoms with van der Waals surface area (Å²) in [5.74, 6) is -2.57. The molecule has 1 aliphatic rings. The maximum atomic E-state index is 12.8. The molecule has 6 heteroatoms. The lowest BCUT2D eigenvalue weighted by molar-refractivity contribution is -0.138. The molecule has 1 fully saturated rings. The molecule has 3 atom stereocenters. The van der Waals surface area contributed by atoms with E-state index < -0.39 is 32.9 Å². The van der Waals surface area contributed by atoms with Gasteiger partial charge in [0.25, 0.3) is 0 Å². The molecule has 0 spiro atoms. The van der Waals surface area contributed by atoms with Crippen LogP contribution in [0, 0.1) is 12.8 Å². The molecule has 0 heterocycles. The topological polar surface area (TPSA) is 71.4 Å². The molecule has 2 aromatic rings. The molecule has 1 saturated carbocycles. The van der Waals surface area contributed by atoms with Gasteiger partial charge in [0.05, 0.1) is 16.1 Å². The molecule has 0 saturated heterocycles. The van der Waals surface area contributed by atoms with Gasteiger partial charge >= 0.3 is 5.97 Å². The van der Waals surface area contributed by atoms with Crippen LogP contribution in [0.2, 0.25) is 5.02 Å². The molecule has 0 aromatic heterocycles. The minimum Gasteiger partial charge on any atom is -0.481 e. The summed E-state index contributed by atoms with van der Waals surface area (Å²) < 4.78 is 25.6. The molecule has 0 bridgehead atoms. The van der Waals surface area contributed by atoms with E-state index in [2.05, 4.69) is 0 Å². The second-order valence-electron chi connectivity index (χ2n) is 5.76. The first kappa shape index (κ1) is 16.0. The number of rotatable bonds is 4. The highest BCUT2D eigenvalue weighted by atomic mass is 35.5. The second kappa shape index (κ2) is 5.65. The van der Waals surface area contributed by atoms with Gasteiger partial charge in [0.2, 0.25) is 0 Å². The van der Waals surface area contributed by atoms with Gasteiger partial charge in [-0.25, -0.2) is 8.42 Å². The predicted octanol–water partition coefficient (Wildman–Crippen LogP) is 3.29. The molecule has 2 aromatic carbocycles. The van der Waals surface area contributed by atoms with E-state index in [1.807, 2.05) is 6.92 Å². The molecule has 1 aliphatic carbocycles. The normalized spacial score (nSPS) is 23.5. The summed E-state index contributed by atoms with van der Waals surface area (Å²) in [7, 11) is -3.70. The van der Waals surface area contributed by atoms with Crippen molar-refractivity contribution in [2.45, 2.75) is 23.0 Å². The highest BCUT2D eigenvalue weighted by molar-refractivity contribution is 7.92. The summed E-state index contributed by atoms with van der Waals surface area (Å²) in [4.78, 5) is 11.6. The van der Waals surface area contributed by atoms with Crippen molar-refractivity contribution < 1.29 is 18.3 Å². The zero-order valence-electron chi connectivity index (χ0n) is 12.3. The van der Waals surface area contributed by atoms with E-state index in [4.69, 9.17) is 11.6 Å². The van der Waals surface area contributed by atoms with Crippen molar-refractivity contribution in [1.29, 1.82) is 0 Å². The largest absolute Gasteiger partial charge is 0.481 e. The average Bonchev–Trinajstić information content (AvgIpc) is 3.25. The molecular formula is C17H15ClO4S. The number of carbonyl (C=O) groups is 1. The van der Waals surface area contributed by atoms with E-state index in [1.165, 1.54) is 12.1 Å². The Labute approximate surface area is 139 Å². The Bertz CT molecular complexity index is 841. The van der Waals surface area contributed by atoms with Gasteiger partial charge in [0.15, 0.2) is 9.84 Å². The van der Waals surface area contributed by atoms with Crippen LogP contribution in [0.5, 0.6) is 0 Å². The van der Waals surface area contributed by atoms with Crippen LogP contribution < -0.4 is 0 Å². The van der Waals surface area contributed by atoms with Gasteiger partial charge in [0.1, 0.15) is 0 Å². The van der Waals surface area contributed by atoms with Crippen molar-refractivity contribution in [3.63, 3.8) is 0 Å². The molecule has 0 radical (unpaired) electrons. The van der Waals surface area contributed by atoms with Crippen molar-refractivity contribution in [3.05, 3.63) is 64.7 Å². The zero-order valence-corrected chi connectivity index (χ0v) is 13.9. The highest BCUT2D eigenvalue weighted by Gasteiger charge is 2.63. The zero-order chi connectivity index (χ0) is 16.8. The van der Waals surface area contributed by atoms with Gasteiger partial charge in [-0.15, -0.1) is 0 Å². The average molecular weight is 351 g/mol. The quantitative estimate of drug-likeness (QED) is 0.918. The summed E-state index contributed by atoms with van der Waals surface area (Å²) in [6.45, 7) is 1.87. The summed E-state index contributed by atoms with van der Waals surface area (Å²) in [6, 6.07) is 13.1. The number of carboxylic acids is 1. The summed E-state index contributed by atoms with van der Waals surface area (Å²) in [5, 5.41) is 8.96. The number of hydrogen-bond donors (Lipinski definition) is 1. The Morgan fingerprint density at radius 3 is 2.13 bits per heavy atom. The van der Waals surface area contributed by atoms with Crippen LogP contribution in [-0.4, -0.2) is 24.7 Å². The van der Waals surface area contributed by atoms with Crippen LogP contribution in [0.15, 0.2) is 53.4 Å². The van der Waals surface area contributed by atoms with Crippen molar-refractivity contribution in [2.75, 3.05) is 0 Å². The second-order valence-corrected chi connectivity index (χ2v) is 8.31. The molecule has 120 valence electrons. The number of sulfone groups is 1. The van der Waals surface area contributed by atoms with Gasteiger partial charge in [-0.05, 0) is 36.8 Å². The van der Waals surface area contributed by atoms with E-state index in [0.717, 1.165) is 5.56 Å². The molecule has 0 amide bonds. The smallest absolute Gasteiger partial charge is 0.308 e. The molecule has 0 aliphatic heterocycles. The molecular weight excluding hydrogens is 336 g/mol. The first-order valence-electron chi connectivity index (χ1n) is 7.11. The molecule has 23 heavy (non-hydrogen) atoms. The Balaban J connectivity index is 1.98. The summed E-state index contributed by atoms with van der Waals surface area (Å²) >= 11 is 5.84. The Morgan fingerprint density at radius 2 is 1.61 bits per heavy atom. The van der Waals surface area contributed by atoms with E-state index in [1.54, 1.807) is 36.4 Å². The van der Waals surface area contributed by atoms with Crippen LogP contribution >= 0.6 is 11.6 Å². The number of hydrogen-bond acceptors (Lipinski definition) is 3. The van der Waals surface area contributed by atoms with Crippen LogP contribution in [0.3, 0.4) is 0 Å². The lowest BCUT2D eigenvalue weighted by atomic mass is 10.1. The highest BCUT2D eigenvalue weighted by Crippen LogP contribution is 2.54. The number of carboxylic acid groups (broad SMARTS) is 1. The van der Waals surface area contributed by atoms with Crippen molar-refractivity contribution in [2.24, 2.45) is 5.92 Å². The standard InChI is InChI=1S/C17H15ClO4S/c1-10-2-8-13(9-3-10)23(21,22)16-14(15(16)17(19)20)11-4-6-12(18)7-5-11/h2-9,14-16H,1H3,(H,19,20)/t14-,15-,16+/m1/s1. The van der Waals surface area contributed by atoms with Gasteiger partial charge in [-0.2, -0.15) is 0 Å². The van der Waals surface area contributed by atoms with E-state index in [9.17, 15) is 18.3 Å². The van der Waals surface area contributed by atoms with Crippen molar-refractivity contribution in [3.8, 4) is 0 Å². The van der Waals surface area contributed by atoms with Crippen LogP contribution in [0.25, 0.3) is 0 Å². The van der Waals surface area contributed by atoms with Gasteiger partial charge in [-0.1, -0.05) is 41.4 Å². The minimum atomic E-state index is -3.70. The maximum absolute atomic E-state index is 12.8. The van der Waals surface area contributed by atoms with Crippen molar-refractivity contribution >= 4 is 27.4 Å². The van der Waals surface area contributed by atoms with Crippen molar-refractivity contribution in [1.82, 2.24) is 0 Å². The Hall–Kier alpha value is -1.85. The van der Waals surface area contributed by atoms with Gasteiger partial charge in [0, 0.05) is 10.9 Å². The van der Waals surface area contributed by atoms with Gasteiger partial charge in [-0.3, -0.25) is 4.79 Å². The van der Waals surface area contributed by atoms with Crippen LogP contribution in [0.4, 0.5) is 0 Å². The number of aliphatic carboxylic acids is 1. The molecule has 1 N–H and O–H groups in total. The third-order valence-electron chi connectivity index (χ3n) is 4.20. The minimum absolute atomic E-state index is 0.163. The van der Waals surface area contributed by atoms with Crippen LogP contribution in [0.1, 0.15) is 17.0 Å². The van der Waals surface area contributed by atoms with E-state index in [-0.39, 0.29) is 4.90 Å². The third kappa shape index (κ3) is 2.86.